The van der Waals surface area contributed by atoms with Gasteiger partial charge in [0.15, 0.2) is 5.78 Å². The summed E-state index contributed by atoms with van der Waals surface area (Å²) in [5.41, 5.74) is 7.79. The van der Waals surface area contributed by atoms with E-state index in [1.807, 2.05) is 0 Å². The van der Waals surface area contributed by atoms with E-state index in [2.05, 4.69) is 27.4 Å². The Morgan fingerprint density at radius 3 is 2.87 bits per heavy atom. The average Bonchev–Trinajstić information content (AvgIpc) is 2.54. The summed E-state index contributed by atoms with van der Waals surface area (Å²) in [5, 5.41) is 3.21. The zero-order valence-electron chi connectivity index (χ0n) is 12.9. The summed E-state index contributed by atoms with van der Waals surface area (Å²) in [7, 11) is 0. The summed E-state index contributed by atoms with van der Waals surface area (Å²) in [6, 6.07) is 0. The molecule has 2 aliphatic carbocycles. The first kappa shape index (κ1) is 14.2. The van der Waals surface area contributed by atoms with Crippen molar-refractivity contribution in [3.8, 4) is 0 Å². The standard InChI is InChI=1S/C17H20N4O2/c18-17-20-15-14(16(23)21-17)12(9-5-2-1-3-6-9)13-10(19-15)7-4-8-11(13)22/h1-2,9,12H,3-8H2,(H4,18,19,20,21,23). The predicted molar refractivity (Wildman–Crippen MR) is 88.0 cm³/mol. The maximum atomic E-state index is 12.6. The predicted octanol–water partition coefficient (Wildman–Crippen LogP) is 2.22. The van der Waals surface area contributed by atoms with Crippen molar-refractivity contribution in [3.05, 3.63) is 39.3 Å². The van der Waals surface area contributed by atoms with Crippen LogP contribution >= 0.6 is 0 Å². The number of aromatic amines is 1. The Kier molecular flexibility index (Phi) is 3.32. The molecular formula is C17H20N4O2. The average molecular weight is 312 g/mol. The van der Waals surface area contributed by atoms with Crippen LogP contribution < -0.4 is 16.6 Å². The minimum atomic E-state index is -0.232. The van der Waals surface area contributed by atoms with E-state index in [0.29, 0.717) is 17.8 Å². The van der Waals surface area contributed by atoms with Crippen LogP contribution in [0.1, 0.15) is 50.0 Å². The molecule has 23 heavy (non-hydrogen) atoms. The molecule has 4 N–H and O–H groups in total. The van der Waals surface area contributed by atoms with Crippen LogP contribution in [0.4, 0.5) is 11.8 Å². The van der Waals surface area contributed by atoms with Crippen molar-refractivity contribution in [1.82, 2.24) is 9.97 Å². The molecule has 3 aliphatic rings. The normalized spacial score (nSPS) is 26.5. The van der Waals surface area contributed by atoms with Gasteiger partial charge in [0.25, 0.3) is 5.56 Å². The van der Waals surface area contributed by atoms with E-state index < -0.39 is 0 Å². The van der Waals surface area contributed by atoms with Gasteiger partial charge in [0, 0.05) is 23.6 Å². The third-order valence-electron chi connectivity index (χ3n) is 5.10. The largest absolute Gasteiger partial charge is 0.369 e. The highest BCUT2D eigenvalue weighted by atomic mass is 16.1. The van der Waals surface area contributed by atoms with Gasteiger partial charge in [-0.3, -0.25) is 14.6 Å². The fourth-order valence-electron chi connectivity index (χ4n) is 4.12. The molecule has 1 aromatic heterocycles. The monoisotopic (exact) mass is 312 g/mol. The molecule has 2 unspecified atom stereocenters. The molecule has 120 valence electrons. The molecule has 1 aliphatic heterocycles. The van der Waals surface area contributed by atoms with Crippen LogP contribution in [0.2, 0.25) is 0 Å². The third kappa shape index (κ3) is 2.29. The minimum Gasteiger partial charge on any atom is -0.369 e. The maximum absolute atomic E-state index is 12.6. The number of nitrogen functional groups attached to an aromatic ring is 1. The number of aromatic nitrogens is 2. The number of nitrogens with zero attached hydrogens (tertiary/aromatic N) is 1. The molecule has 2 atom stereocenters. The Morgan fingerprint density at radius 2 is 2.09 bits per heavy atom. The van der Waals surface area contributed by atoms with Gasteiger partial charge in [-0.05, 0) is 38.0 Å². The minimum absolute atomic E-state index is 0.106. The second-order valence-electron chi connectivity index (χ2n) is 6.53. The Morgan fingerprint density at radius 1 is 1.22 bits per heavy atom. The molecule has 0 saturated heterocycles. The van der Waals surface area contributed by atoms with Crippen molar-refractivity contribution in [3.63, 3.8) is 0 Å². The molecule has 4 rings (SSSR count). The van der Waals surface area contributed by atoms with E-state index >= 15 is 0 Å². The fourth-order valence-corrected chi connectivity index (χ4v) is 4.12. The van der Waals surface area contributed by atoms with Crippen molar-refractivity contribution >= 4 is 17.5 Å². The van der Waals surface area contributed by atoms with Gasteiger partial charge in [-0.2, -0.15) is 4.98 Å². The second kappa shape index (κ2) is 5.37. The van der Waals surface area contributed by atoms with Crippen LogP contribution in [0.15, 0.2) is 28.2 Å². The Hall–Kier alpha value is -2.37. The zero-order valence-corrected chi connectivity index (χ0v) is 12.9. The molecule has 6 nitrogen and oxygen atoms in total. The van der Waals surface area contributed by atoms with Gasteiger partial charge in [-0.1, -0.05) is 12.2 Å². The van der Waals surface area contributed by atoms with E-state index in [1.54, 1.807) is 0 Å². The molecule has 1 aromatic rings. The summed E-state index contributed by atoms with van der Waals surface area (Å²) in [4.78, 5) is 32.0. The first-order valence-corrected chi connectivity index (χ1v) is 8.23. The molecule has 0 saturated carbocycles. The smallest absolute Gasteiger partial charge is 0.258 e. The van der Waals surface area contributed by atoms with E-state index in [1.165, 1.54) is 0 Å². The number of ketones is 1. The number of nitrogens with one attached hydrogen (secondary N) is 2. The van der Waals surface area contributed by atoms with Crippen LogP contribution in [0.25, 0.3) is 0 Å². The summed E-state index contributed by atoms with van der Waals surface area (Å²) in [5.74, 6) is 0.893. The van der Waals surface area contributed by atoms with E-state index in [0.717, 1.165) is 43.4 Å². The third-order valence-corrected chi connectivity index (χ3v) is 5.10. The molecule has 0 fully saturated rings. The first-order valence-electron chi connectivity index (χ1n) is 8.23. The van der Waals surface area contributed by atoms with Gasteiger partial charge in [0.1, 0.15) is 5.82 Å². The SMILES string of the molecule is Nc1nc2c(c(=O)[nH]1)C(C1CC=CCC1)C1=C(CCCC1=O)N2. The number of hydrogen-bond donors (Lipinski definition) is 3. The van der Waals surface area contributed by atoms with Crippen LogP contribution in [0, 0.1) is 5.92 Å². The van der Waals surface area contributed by atoms with Crippen LogP contribution in [-0.4, -0.2) is 15.8 Å². The maximum Gasteiger partial charge on any atom is 0.258 e. The van der Waals surface area contributed by atoms with Crippen molar-refractivity contribution in [1.29, 1.82) is 0 Å². The number of fused-ring (bicyclic) bond motifs is 1. The van der Waals surface area contributed by atoms with Crippen molar-refractivity contribution in [2.75, 3.05) is 11.1 Å². The lowest BCUT2D eigenvalue weighted by molar-refractivity contribution is -0.116. The molecule has 6 heteroatoms. The number of carbonyl (C=O) groups excluding carboxylic acids is 1. The lowest BCUT2D eigenvalue weighted by Crippen LogP contribution is -2.35. The highest BCUT2D eigenvalue weighted by Crippen LogP contribution is 2.46. The molecule has 2 heterocycles. The molecule has 0 bridgehead atoms. The number of nitrogens with two attached hydrogens (primary N) is 1. The van der Waals surface area contributed by atoms with Gasteiger partial charge < -0.3 is 11.1 Å². The zero-order chi connectivity index (χ0) is 16.0. The van der Waals surface area contributed by atoms with E-state index in [-0.39, 0.29) is 29.1 Å². The van der Waals surface area contributed by atoms with E-state index in [9.17, 15) is 9.59 Å². The van der Waals surface area contributed by atoms with Gasteiger partial charge in [0.05, 0.1) is 5.56 Å². The first-order chi connectivity index (χ1) is 11.1. The molecule has 0 aromatic carbocycles. The van der Waals surface area contributed by atoms with E-state index in [4.69, 9.17) is 5.73 Å². The van der Waals surface area contributed by atoms with Gasteiger partial charge in [0.2, 0.25) is 5.95 Å². The molecule has 0 spiro atoms. The van der Waals surface area contributed by atoms with Crippen molar-refractivity contribution < 1.29 is 4.79 Å². The Balaban J connectivity index is 1.91. The van der Waals surface area contributed by atoms with Crippen molar-refractivity contribution in [2.24, 2.45) is 5.92 Å². The highest BCUT2D eigenvalue weighted by molar-refractivity contribution is 6.00. The molecular weight excluding hydrogens is 292 g/mol. The van der Waals surface area contributed by atoms with Gasteiger partial charge in [-0.25, -0.2) is 0 Å². The number of allylic oxidation sites excluding steroid dienone is 4. The second-order valence-corrected chi connectivity index (χ2v) is 6.53. The number of Topliss-reactive ketones (excluding diaryl/α,β-unsaturated/α-hetero) is 1. The van der Waals surface area contributed by atoms with Crippen LogP contribution in [0.5, 0.6) is 0 Å². The van der Waals surface area contributed by atoms with Gasteiger partial charge in [-0.15, -0.1) is 0 Å². The van der Waals surface area contributed by atoms with Crippen LogP contribution in [-0.2, 0) is 4.79 Å². The number of H-pyrrole nitrogens is 1. The summed E-state index contributed by atoms with van der Waals surface area (Å²) in [6.45, 7) is 0. The Labute approximate surface area is 133 Å². The topological polar surface area (TPSA) is 101 Å². The molecule has 0 radical (unpaired) electrons. The fraction of sp³-hybridized carbons (Fsp3) is 0.471. The summed E-state index contributed by atoms with van der Waals surface area (Å²) in [6.07, 6.45) is 9.41. The molecule has 0 amide bonds. The lowest BCUT2D eigenvalue weighted by Gasteiger charge is -2.37. The summed E-state index contributed by atoms with van der Waals surface area (Å²) >= 11 is 0. The number of hydrogen-bond acceptors (Lipinski definition) is 5. The van der Waals surface area contributed by atoms with Crippen LogP contribution in [0.3, 0.4) is 0 Å². The Bertz CT molecular complexity index is 790. The quantitative estimate of drug-likeness (QED) is 0.690. The number of anilines is 2. The number of rotatable bonds is 1. The number of carbonyl (C=O) groups is 1. The summed E-state index contributed by atoms with van der Waals surface area (Å²) < 4.78 is 0. The lowest BCUT2D eigenvalue weighted by atomic mass is 9.70. The van der Waals surface area contributed by atoms with Crippen molar-refractivity contribution in [2.45, 2.75) is 44.4 Å². The van der Waals surface area contributed by atoms with Gasteiger partial charge >= 0.3 is 0 Å². The highest BCUT2D eigenvalue weighted by Gasteiger charge is 2.40.